The normalized spacial score (nSPS) is 10.7. The number of nitrogens with one attached hydrogen (secondary N) is 1. The van der Waals surface area contributed by atoms with Crippen LogP contribution in [0.15, 0.2) is 60.8 Å². The summed E-state index contributed by atoms with van der Waals surface area (Å²) in [5, 5.41) is 13.2. The van der Waals surface area contributed by atoms with Crippen LogP contribution in [-0.4, -0.2) is 32.6 Å². The van der Waals surface area contributed by atoms with Crippen molar-refractivity contribution in [3.8, 4) is 17.5 Å². The van der Waals surface area contributed by atoms with Crippen LogP contribution in [0.3, 0.4) is 0 Å². The average molecular weight is 430 g/mol. The van der Waals surface area contributed by atoms with Gasteiger partial charge >= 0.3 is 5.97 Å². The second-order valence-electron chi connectivity index (χ2n) is 6.84. The number of rotatable bonds is 8. The summed E-state index contributed by atoms with van der Waals surface area (Å²) < 4.78 is 11.2. The van der Waals surface area contributed by atoms with Crippen LogP contribution in [0.25, 0.3) is 11.0 Å². The fraction of sp³-hybridized carbons (Fsp3) is 0.167. The molecule has 0 saturated heterocycles. The number of aromatic carboxylic acids is 1. The van der Waals surface area contributed by atoms with Crippen LogP contribution in [-0.2, 0) is 6.42 Å². The van der Waals surface area contributed by atoms with E-state index in [-0.39, 0.29) is 5.56 Å². The first-order valence-corrected chi connectivity index (χ1v) is 10.2. The number of hydrogen-bond donors (Lipinski definition) is 2. The van der Waals surface area contributed by atoms with E-state index < -0.39 is 5.97 Å². The van der Waals surface area contributed by atoms with Crippen molar-refractivity contribution in [1.82, 2.24) is 15.0 Å². The van der Waals surface area contributed by atoms with Gasteiger partial charge < -0.3 is 19.9 Å². The Kier molecular flexibility index (Phi) is 6.12. The molecule has 4 aromatic rings. The fourth-order valence-corrected chi connectivity index (χ4v) is 3.29. The molecule has 0 fully saturated rings. The Morgan fingerprint density at radius 1 is 1.00 bits per heavy atom. The van der Waals surface area contributed by atoms with Crippen LogP contribution in [0.2, 0.25) is 0 Å². The SMILES string of the molecule is CCOc1ccc2nc(CC)c(C(=O)O)c(Nc3ccc(Oc4ccccn4)cc3)c2n1. The topological polar surface area (TPSA) is 106 Å². The molecule has 3 heterocycles. The first-order valence-electron chi connectivity index (χ1n) is 10.2. The van der Waals surface area contributed by atoms with Gasteiger partial charge in [0.25, 0.3) is 0 Å². The molecule has 0 atom stereocenters. The van der Waals surface area contributed by atoms with E-state index in [2.05, 4.69) is 20.3 Å². The van der Waals surface area contributed by atoms with Gasteiger partial charge in [-0.05, 0) is 49.7 Å². The second kappa shape index (κ2) is 9.30. The molecule has 4 rings (SSSR count). The number of ether oxygens (including phenoxy) is 2. The van der Waals surface area contributed by atoms with Crippen molar-refractivity contribution < 1.29 is 19.4 Å². The van der Waals surface area contributed by atoms with E-state index in [0.717, 1.165) is 0 Å². The summed E-state index contributed by atoms with van der Waals surface area (Å²) in [6.45, 7) is 4.18. The Balaban J connectivity index is 1.74. The zero-order chi connectivity index (χ0) is 22.5. The maximum atomic E-state index is 12.1. The van der Waals surface area contributed by atoms with Crippen LogP contribution in [0.5, 0.6) is 17.5 Å². The largest absolute Gasteiger partial charge is 0.478 e. The molecule has 0 unspecified atom stereocenters. The molecule has 32 heavy (non-hydrogen) atoms. The van der Waals surface area contributed by atoms with Crippen molar-refractivity contribution in [2.24, 2.45) is 0 Å². The summed E-state index contributed by atoms with van der Waals surface area (Å²) in [4.78, 5) is 25.3. The van der Waals surface area contributed by atoms with Crippen LogP contribution >= 0.6 is 0 Å². The van der Waals surface area contributed by atoms with E-state index in [4.69, 9.17) is 9.47 Å². The number of aryl methyl sites for hydroxylation is 1. The van der Waals surface area contributed by atoms with E-state index in [0.29, 0.717) is 58.6 Å². The molecule has 2 N–H and O–H groups in total. The number of carbonyl (C=O) groups is 1. The molecule has 1 aromatic carbocycles. The quantitative estimate of drug-likeness (QED) is 0.392. The first-order chi connectivity index (χ1) is 15.6. The highest BCUT2D eigenvalue weighted by Gasteiger charge is 2.21. The van der Waals surface area contributed by atoms with Crippen LogP contribution in [0.4, 0.5) is 11.4 Å². The van der Waals surface area contributed by atoms with Crippen LogP contribution < -0.4 is 14.8 Å². The van der Waals surface area contributed by atoms with Gasteiger partial charge in [-0.15, -0.1) is 0 Å². The third kappa shape index (κ3) is 4.44. The fourth-order valence-electron chi connectivity index (χ4n) is 3.29. The van der Waals surface area contributed by atoms with E-state index in [1.807, 2.05) is 26.0 Å². The molecule has 0 aliphatic heterocycles. The van der Waals surface area contributed by atoms with E-state index >= 15 is 0 Å². The monoisotopic (exact) mass is 430 g/mol. The number of nitrogens with zero attached hydrogens (tertiary/aromatic N) is 3. The summed E-state index contributed by atoms with van der Waals surface area (Å²) in [5.74, 6) is 0.432. The minimum absolute atomic E-state index is 0.0926. The highest BCUT2D eigenvalue weighted by molar-refractivity contribution is 6.05. The number of benzene rings is 1. The zero-order valence-corrected chi connectivity index (χ0v) is 17.7. The van der Waals surface area contributed by atoms with Crippen molar-refractivity contribution in [3.63, 3.8) is 0 Å². The van der Waals surface area contributed by atoms with Crippen molar-refractivity contribution in [3.05, 3.63) is 72.1 Å². The lowest BCUT2D eigenvalue weighted by molar-refractivity contribution is 0.0696. The average Bonchev–Trinajstić information content (AvgIpc) is 2.81. The third-order valence-electron chi connectivity index (χ3n) is 4.70. The molecule has 0 saturated carbocycles. The highest BCUT2D eigenvalue weighted by Crippen LogP contribution is 2.33. The second-order valence-corrected chi connectivity index (χ2v) is 6.84. The van der Waals surface area contributed by atoms with E-state index in [1.54, 1.807) is 48.7 Å². The molecule has 0 bridgehead atoms. The molecule has 0 amide bonds. The molecule has 3 aromatic heterocycles. The maximum Gasteiger partial charge on any atom is 0.339 e. The molecule has 8 heteroatoms. The van der Waals surface area contributed by atoms with Gasteiger partial charge in [0.15, 0.2) is 0 Å². The Labute approximate surface area is 184 Å². The molecule has 0 aliphatic rings. The summed E-state index contributed by atoms with van der Waals surface area (Å²) in [7, 11) is 0. The lowest BCUT2D eigenvalue weighted by Gasteiger charge is -2.16. The van der Waals surface area contributed by atoms with Gasteiger partial charge in [-0.2, -0.15) is 0 Å². The standard InChI is InChI=1S/C24H22N4O4/c1-3-17-21(24(29)30)23(22-18(27-17)12-13-20(28-22)31-4-2)26-15-8-10-16(11-9-15)32-19-7-5-6-14-25-19/h5-14H,3-4H2,1-2H3,(H,26,27)(H,29,30). The molecular formula is C24H22N4O4. The predicted octanol–water partition coefficient (Wildman–Crippen LogP) is 5.22. The highest BCUT2D eigenvalue weighted by atomic mass is 16.5. The van der Waals surface area contributed by atoms with Gasteiger partial charge in [0.05, 0.1) is 23.5 Å². The van der Waals surface area contributed by atoms with Crippen molar-refractivity contribution in [1.29, 1.82) is 0 Å². The minimum atomic E-state index is -1.07. The zero-order valence-electron chi connectivity index (χ0n) is 17.7. The maximum absolute atomic E-state index is 12.1. The third-order valence-corrected chi connectivity index (χ3v) is 4.70. The van der Waals surface area contributed by atoms with Crippen molar-refractivity contribution in [2.45, 2.75) is 20.3 Å². The number of carboxylic acids is 1. The Hall–Kier alpha value is -4.20. The lowest BCUT2D eigenvalue weighted by atomic mass is 10.1. The number of anilines is 2. The lowest BCUT2D eigenvalue weighted by Crippen LogP contribution is -2.11. The Morgan fingerprint density at radius 2 is 1.81 bits per heavy atom. The van der Waals surface area contributed by atoms with Gasteiger partial charge in [-0.3, -0.25) is 4.98 Å². The van der Waals surface area contributed by atoms with Gasteiger partial charge in [0, 0.05) is 24.0 Å². The summed E-state index contributed by atoms with van der Waals surface area (Å²) in [6.07, 6.45) is 2.12. The molecule has 162 valence electrons. The molecular weight excluding hydrogens is 408 g/mol. The molecule has 0 aliphatic carbocycles. The predicted molar refractivity (Wildman–Crippen MR) is 121 cm³/mol. The minimum Gasteiger partial charge on any atom is -0.478 e. The molecule has 8 nitrogen and oxygen atoms in total. The van der Waals surface area contributed by atoms with E-state index in [1.165, 1.54) is 0 Å². The smallest absolute Gasteiger partial charge is 0.339 e. The Morgan fingerprint density at radius 3 is 2.47 bits per heavy atom. The number of hydrogen-bond acceptors (Lipinski definition) is 7. The van der Waals surface area contributed by atoms with Crippen molar-refractivity contribution >= 4 is 28.4 Å². The van der Waals surface area contributed by atoms with Crippen molar-refractivity contribution in [2.75, 3.05) is 11.9 Å². The number of pyridine rings is 3. The first kappa shape index (κ1) is 21.0. The van der Waals surface area contributed by atoms with Gasteiger partial charge in [0.2, 0.25) is 11.8 Å². The molecule has 0 radical (unpaired) electrons. The number of carboxylic acid groups (broad SMARTS) is 1. The number of aromatic nitrogens is 3. The van der Waals surface area contributed by atoms with Gasteiger partial charge in [-0.1, -0.05) is 13.0 Å². The summed E-state index contributed by atoms with van der Waals surface area (Å²) >= 11 is 0. The molecule has 0 spiro atoms. The Bertz CT molecular complexity index is 1240. The summed E-state index contributed by atoms with van der Waals surface area (Å²) in [6, 6.07) is 16.1. The van der Waals surface area contributed by atoms with Gasteiger partial charge in [-0.25, -0.2) is 14.8 Å². The van der Waals surface area contributed by atoms with E-state index in [9.17, 15) is 9.90 Å². The van der Waals surface area contributed by atoms with Gasteiger partial charge in [0.1, 0.15) is 16.8 Å². The summed E-state index contributed by atoms with van der Waals surface area (Å²) in [5.41, 5.74) is 2.65. The number of fused-ring (bicyclic) bond motifs is 1. The van der Waals surface area contributed by atoms with Crippen LogP contribution in [0.1, 0.15) is 29.9 Å². The van der Waals surface area contributed by atoms with Crippen LogP contribution in [0, 0.1) is 0 Å².